The van der Waals surface area contributed by atoms with Crippen molar-refractivity contribution >= 4 is 11.9 Å². The quantitative estimate of drug-likeness (QED) is 0.399. The van der Waals surface area contributed by atoms with Gasteiger partial charge in [0.25, 0.3) is 0 Å². The van der Waals surface area contributed by atoms with Gasteiger partial charge in [0.2, 0.25) is 5.96 Å². The van der Waals surface area contributed by atoms with E-state index in [-0.39, 0.29) is 12.4 Å². The van der Waals surface area contributed by atoms with Crippen molar-refractivity contribution in [1.29, 1.82) is 5.41 Å². The highest BCUT2D eigenvalue weighted by Gasteiger charge is 2.04. The van der Waals surface area contributed by atoms with Crippen LogP contribution in [0, 0.1) is 5.41 Å². The first-order chi connectivity index (χ1) is 5.59. The molecule has 4 N–H and O–H groups in total. The molecule has 0 bridgehead atoms. The van der Waals surface area contributed by atoms with Gasteiger partial charge in [-0.05, 0) is 6.07 Å². The van der Waals surface area contributed by atoms with Crippen LogP contribution in [0.2, 0.25) is 0 Å². The van der Waals surface area contributed by atoms with E-state index in [0.717, 1.165) is 4.68 Å². The average Bonchev–Trinajstić information content (AvgIpc) is 2.34. The predicted molar refractivity (Wildman–Crippen MR) is 40.9 cm³/mol. The number of carboxylic acid groups (broad SMARTS) is 1. The van der Waals surface area contributed by atoms with E-state index in [1.807, 2.05) is 0 Å². The fourth-order valence-corrected chi connectivity index (χ4v) is 0.745. The molecule has 1 aromatic rings. The highest BCUT2D eigenvalue weighted by atomic mass is 16.4. The number of hydrogen-bond acceptors (Lipinski definition) is 3. The molecule has 64 valence electrons. The fourth-order valence-electron chi connectivity index (χ4n) is 0.745. The van der Waals surface area contributed by atoms with Gasteiger partial charge in [0, 0.05) is 6.20 Å². The van der Waals surface area contributed by atoms with Crippen LogP contribution < -0.4 is 5.73 Å². The van der Waals surface area contributed by atoms with Crippen molar-refractivity contribution in [2.24, 2.45) is 5.73 Å². The molecule has 0 saturated carbocycles. The van der Waals surface area contributed by atoms with E-state index in [4.69, 9.17) is 16.2 Å². The van der Waals surface area contributed by atoms with Gasteiger partial charge >= 0.3 is 5.97 Å². The largest absolute Gasteiger partial charge is 0.481 e. The number of rotatable bonds is 2. The van der Waals surface area contributed by atoms with Crippen molar-refractivity contribution in [2.45, 2.75) is 6.42 Å². The van der Waals surface area contributed by atoms with Gasteiger partial charge in [-0.25, -0.2) is 4.68 Å². The summed E-state index contributed by atoms with van der Waals surface area (Å²) >= 11 is 0. The van der Waals surface area contributed by atoms with Crippen LogP contribution in [0.4, 0.5) is 0 Å². The minimum Gasteiger partial charge on any atom is -0.481 e. The van der Waals surface area contributed by atoms with Crippen LogP contribution in [0.3, 0.4) is 0 Å². The Kier molecular flexibility index (Phi) is 2.09. The van der Waals surface area contributed by atoms with Crippen molar-refractivity contribution in [1.82, 2.24) is 9.78 Å². The normalized spacial score (nSPS) is 9.67. The minimum atomic E-state index is -0.955. The van der Waals surface area contributed by atoms with E-state index in [1.165, 1.54) is 12.3 Å². The summed E-state index contributed by atoms with van der Waals surface area (Å²) < 4.78 is 1.11. The van der Waals surface area contributed by atoms with Crippen LogP contribution in [0.15, 0.2) is 12.3 Å². The molecule has 0 spiro atoms. The number of nitrogen functional groups attached to an aromatic ring is 1. The van der Waals surface area contributed by atoms with Crippen LogP contribution in [0.25, 0.3) is 0 Å². The summed E-state index contributed by atoms with van der Waals surface area (Å²) in [6.07, 6.45) is 1.29. The molecule has 1 heterocycles. The first kappa shape index (κ1) is 8.25. The molecular formula is C6H8N4O2. The molecule has 0 atom stereocenters. The third-order valence-corrected chi connectivity index (χ3v) is 1.22. The van der Waals surface area contributed by atoms with E-state index in [0.29, 0.717) is 5.69 Å². The van der Waals surface area contributed by atoms with Crippen molar-refractivity contribution in [3.63, 3.8) is 0 Å². The Balaban J connectivity index is 2.77. The second kappa shape index (κ2) is 3.04. The number of hydrogen-bond donors (Lipinski definition) is 3. The highest BCUT2D eigenvalue weighted by Crippen LogP contribution is 1.95. The topological polar surface area (TPSA) is 105 Å². The molecule has 1 aromatic heterocycles. The SMILES string of the molecule is N=C(N)n1ccc(CC(=O)O)n1. The number of nitrogens with one attached hydrogen (secondary N) is 1. The molecule has 0 aliphatic rings. The fraction of sp³-hybridized carbons (Fsp3) is 0.167. The summed E-state index contributed by atoms with van der Waals surface area (Å²) in [7, 11) is 0. The Morgan fingerprint density at radius 2 is 2.50 bits per heavy atom. The molecule has 0 aliphatic heterocycles. The van der Waals surface area contributed by atoms with Gasteiger partial charge < -0.3 is 10.8 Å². The lowest BCUT2D eigenvalue weighted by molar-refractivity contribution is -0.136. The van der Waals surface area contributed by atoms with Crippen LogP contribution in [0.1, 0.15) is 5.69 Å². The van der Waals surface area contributed by atoms with E-state index < -0.39 is 5.97 Å². The van der Waals surface area contributed by atoms with Crippen LogP contribution >= 0.6 is 0 Å². The zero-order valence-corrected chi connectivity index (χ0v) is 6.19. The van der Waals surface area contributed by atoms with Gasteiger partial charge in [-0.1, -0.05) is 0 Å². The number of carbonyl (C=O) groups is 1. The molecular weight excluding hydrogens is 160 g/mol. The molecule has 12 heavy (non-hydrogen) atoms. The van der Waals surface area contributed by atoms with Crippen molar-refractivity contribution in [3.8, 4) is 0 Å². The van der Waals surface area contributed by atoms with E-state index >= 15 is 0 Å². The lowest BCUT2D eigenvalue weighted by Crippen LogP contribution is -2.21. The number of aromatic nitrogens is 2. The summed E-state index contributed by atoms with van der Waals surface area (Å²) in [6, 6.07) is 1.51. The summed E-state index contributed by atoms with van der Waals surface area (Å²) in [6.45, 7) is 0. The standard InChI is InChI=1S/C6H8N4O2/c7-6(8)10-2-1-4(9-10)3-5(11)12/h1-2H,3H2,(H3,7,8)(H,11,12). The molecule has 1 rings (SSSR count). The van der Waals surface area contributed by atoms with Crippen molar-refractivity contribution < 1.29 is 9.90 Å². The first-order valence-electron chi connectivity index (χ1n) is 3.20. The first-order valence-corrected chi connectivity index (χ1v) is 3.20. The van der Waals surface area contributed by atoms with Gasteiger partial charge in [-0.2, -0.15) is 5.10 Å². The molecule has 6 heteroatoms. The summed E-state index contributed by atoms with van der Waals surface area (Å²) in [5, 5.41) is 19.1. The Morgan fingerprint density at radius 3 is 2.92 bits per heavy atom. The lowest BCUT2D eigenvalue weighted by atomic mass is 10.3. The van der Waals surface area contributed by atoms with Crippen molar-refractivity contribution in [3.05, 3.63) is 18.0 Å². The maximum Gasteiger partial charge on any atom is 0.309 e. The number of carboxylic acids is 1. The van der Waals surface area contributed by atoms with Gasteiger partial charge in [0.15, 0.2) is 0 Å². The summed E-state index contributed by atoms with van der Waals surface area (Å²) in [5.41, 5.74) is 5.48. The molecule has 0 saturated heterocycles. The second-order valence-corrected chi connectivity index (χ2v) is 2.21. The third-order valence-electron chi connectivity index (χ3n) is 1.22. The summed E-state index contributed by atoms with van der Waals surface area (Å²) in [5.74, 6) is -1.18. The summed E-state index contributed by atoms with van der Waals surface area (Å²) in [4.78, 5) is 10.2. The molecule has 6 nitrogen and oxygen atoms in total. The molecule has 0 aromatic carbocycles. The van der Waals surface area contributed by atoms with Crippen LogP contribution in [0.5, 0.6) is 0 Å². The smallest absolute Gasteiger partial charge is 0.309 e. The van der Waals surface area contributed by atoms with E-state index in [1.54, 1.807) is 0 Å². The molecule has 0 unspecified atom stereocenters. The monoisotopic (exact) mass is 168 g/mol. The van der Waals surface area contributed by atoms with Gasteiger partial charge in [0.05, 0.1) is 12.1 Å². The number of aliphatic carboxylic acids is 1. The molecule has 0 radical (unpaired) electrons. The molecule has 0 aliphatic carbocycles. The minimum absolute atomic E-state index is 0.153. The number of nitrogens with zero attached hydrogens (tertiary/aromatic N) is 2. The predicted octanol–water partition coefficient (Wildman–Crippen LogP) is -0.748. The van der Waals surface area contributed by atoms with Gasteiger partial charge in [0.1, 0.15) is 0 Å². The Morgan fingerprint density at radius 1 is 1.83 bits per heavy atom. The molecule has 0 amide bonds. The Labute approximate surface area is 68.1 Å². The zero-order chi connectivity index (χ0) is 9.14. The molecule has 0 fully saturated rings. The zero-order valence-electron chi connectivity index (χ0n) is 6.19. The van der Waals surface area contributed by atoms with Crippen molar-refractivity contribution in [2.75, 3.05) is 0 Å². The van der Waals surface area contributed by atoms with E-state index in [9.17, 15) is 4.79 Å². The van der Waals surface area contributed by atoms with E-state index in [2.05, 4.69) is 5.10 Å². The van der Waals surface area contributed by atoms with Gasteiger partial charge in [-0.3, -0.25) is 10.2 Å². The van der Waals surface area contributed by atoms with Gasteiger partial charge in [-0.15, -0.1) is 0 Å². The lowest BCUT2D eigenvalue weighted by Gasteiger charge is -1.93. The number of nitrogens with two attached hydrogens (primary N) is 1. The van der Waals surface area contributed by atoms with Crippen LogP contribution in [-0.4, -0.2) is 26.8 Å². The maximum atomic E-state index is 10.2. The van der Waals surface area contributed by atoms with Crippen LogP contribution in [-0.2, 0) is 11.2 Å². The Hall–Kier alpha value is -1.85. The highest BCUT2D eigenvalue weighted by molar-refractivity contribution is 5.76. The third kappa shape index (κ3) is 1.82. The second-order valence-electron chi connectivity index (χ2n) is 2.21. The average molecular weight is 168 g/mol. The maximum absolute atomic E-state index is 10.2. The Bertz CT molecular complexity index is 317.